The van der Waals surface area contributed by atoms with Gasteiger partial charge in [-0.3, -0.25) is 4.79 Å². The number of aromatic nitrogens is 1. The molecule has 0 saturated carbocycles. The molecular weight excluding hydrogens is 308 g/mol. The number of ketones is 1. The number of fused-ring (bicyclic) bond motifs is 3. The molecule has 0 bridgehead atoms. The summed E-state index contributed by atoms with van der Waals surface area (Å²) in [5.41, 5.74) is 4.78. The van der Waals surface area contributed by atoms with E-state index in [0.717, 1.165) is 44.7 Å². The maximum atomic E-state index is 12.5. The van der Waals surface area contributed by atoms with E-state index in [9.17, 15) is 4.79 Å². The van der Waals surface area contributed by atoms with Crippen molar-refractivity contribution in [3.05, 3.63) is 35.0 Å². The first-order valence-corrected chi connectivity index (χ1v) is 8.53. The van der Waals surface area contributed by atoms with Crippen LogP contribution in [0.5, 0.6) is 0 Å². The number of nitrogens with zero attached hydrogens (tertiary/aromatic N) is 2. The molecule has 1 aromatic heterocycles. The van der Waals surface area contributed by atoms with Gasteiger partial charge in [-0.15, -0.1) is 12.4 Å². The van der Waals surface area contributed by atoms with Crippen molar-refractivity contribution in [1.29, 1.82) is 0 Å². The minimum absolute atomic E-state index is 0. The van der Waals surface area contributed by atoms with E-state index < -0.39 is 0 Å². The van der Waals surface area contributed by atoms with E-state index in [1.165, 1.54) is 22.0 Å². The third kappa shape index (κ3) is 3.31. The Labute approximate surface area is 145 Å². The fourth-order valence-electron chi connectivity index (χ4n) is 3.67. The van der Waals surface area contributed by atoms with Crippen LogP contribution in [-0.4, -0.2) is 34.9 Å². The highest BCUT2D eigenvalue weighted by molar-refractivity contribution is 6.04. The molecule has 0 amide bonds. The van der Waals surface area contributed by atoms with Gasteiger partial charge in [0.15, 0.2) is 5.78 Å². The molecule has 0 atom stereocenters. The minimum Gasteiger partial charge on any atom is -0.337 e. The Bertz CT molecular complexity index is 701. The molecule has 0 spiro atoms. The lowest BCUT2D eigenvalue weighted by atomic mass is 9.94. The number of Topliss-reactive ketones (excluding diaryl/α,β-unsaturated/α-hetero) is 1. The van der Waals surface area contributed by atoms with Gasteiger partial charge >= 0.3 is 0 Å². The molecular formula is C19H27ClN2O. The second-order valence-electron chi connectivity index (χ2n) is 6.30. The monoisotopic (exact) mass is 334 g/mol. The van der Waals surface area contributed by atoms with E-state index in [4.69, 9.17) is 0 Å². The number of rotatable bonds is 5. The summed E-state index contributed by atoms with van der Waals surface area (Å²) in [7, 11) is 0. The van der Waals surface area contributed by atoms with Crippen LogP contribution >= 0.6 is 12.4 Å². The van der Waals surface area contributed by atoms with Gasteiger partial charge in [-0.25, -0.2) is 0 Å². The van der Waals surface area contributed by atoms with E-state index in [1.807, 2.05) is 0 Å². The Morgan fingerprint density at radius 3 is 2.61 bits per heavy atom. The van der Waals surface area contributed by atoms with E-state index in [1.54, 1.807) is 0 Å². The Balaban J connectivity index is 0.00000192. The average Bonchev–Trinajstić information content (AvgIpc) is 2.83. The SMILES string of the molecule is CCN(CC)CCn1c2c(c3cc(C)ccc31)CCCC2=O.Cl. The highest BCUT2D eigenvalue weighted by Gasteiger charge is 2.25. The molecule has 1 heterocycles. The van der Waals surface area contributed by atoms with Gasteiger partial charge in [-0.2, -0.15) is 0 Å². The van der Waals surface area contributed by atoms with E-state index in [-0.39, 0.29) is 12.4 Å². The summed E-state index contributed by atoms with van der Waals surface area (Å²) in [4.78, 5) is 14.9. The van der Waals surface area contributed by atoms with Crippen molar-refractivity contribution in [3.63, 3.8) is 0 Å². The number of benzene rings is 1. The number of likely N-dealkylation sites (N-methyl/N-ethyl adjacent to an activating group) is 1. The van der Waals surface area contributed by atoms with Crippen LogP contribution in [0.25, 0.3) is 10.9 Å². The summed E-state index contributed by atoms with van der Waals surface area (Å²) in [5.74, 6) is 0.328. The molecule has 3 rings (SSSR count). The summed E-state index contributed by atoms with van der Waals surface area (Å²) < 4.78 is 2.28. The van der Waals surface area contributed by atoms with Crippen molar-refractivity contribution in [1.82, 2.24) is 9.47 Å². The van der Waals surface area contributed by atoms with Crippen LogP contribution in [0.15, 0.2) is 18.2 Å². The number of hydrogen-bond donors (Lipinski definition) is 0. The summed E-state index contributed by atoms with van der Waals surface area (Å²) in [5, 5.41) is 1.29. The van der Waals surface area contributed by atoms with Crippen molar-refractivity contribution < 1.29 is 4.79 Å². The van der Waals surface area contributed by atoms with Crippen molar-refractivity contribution in [2.75, 3.05) is 19.6 Å². The summed E-state index contributed by atoms with van der Waals surface area (Å²) in [6.45, 7) is 10.6. The van der Waals surface area contributed by atoms with Crippen molar-refractivity contribution in [2.24, 2.45) is 0 Å². The number of halogens is 1. The summed E-state index contributed by atoms with van der Waals surface area (Å²) >= 11 is 0. The first-order valence-electron chi connectivity index (χ1n) is 8.53. The fraction of sp³-hybridized carbons (Fsp3) is 0.526. The van der Waals surface area contributed by atoms with E-state index >= 15 is 0 Å². The van der Waals surface area contributed by atoms with Gasteiger partial charge in [-0.1, -0.05) is 25.5 Å². The molecule has 23 heavy (non-hydrogen) atoms. The van der Waals surface area contributed by atoms with Crippen LogP contribution in [0.3, 0.4) is 0 Å². The smallest absolute Gasteiger partial charge is 0.179 e. The molecule has 0 unspecified atom stereocenters. The summed E-state index contributed by atoms with van der Waals surface area (Å²) in [6.07, 6.45) is 2.74. The Morgan fingerprint density at radius 1 is 1.17 bits per heavy atom. The second-order valence-corrected chi connectivity index (χ2v) is 6.30. The highest BCUT2D eigenvalue weighted by Crippen LogP contribution is 2.32. The zero-order valence-electron chi connectivity index (χ0n) is 14.4. The van der Waals surface area contributed by atoms with Crippen LogP contribution in [0.4, 0.5) is 0 Å². The van der Waals surface area contributed by atoms with Crippen LogP contribution < -0.4 is 0 Å². The standard InChI is InChI=1S/C19H26N2O.ClH/c1-4-20(5-2)11-12-21-17-10-9-14(3)13-16(17)15-7-6-8-18(22)19(15)21;/h9-10,13H,4-8,11-12H2,1-3H3;1H. The largest absolute Gasteiger partial charge is 0.337 e. The summed E-state index contributed by atoms with van der Waals surface area (Å²) in [6, 6.07) is 6.60. The topological polar surface area (TPSA) is 25.2 Å². The van der Waals surface area contributed by atoms with Crippen molar-refractivity contribution in [2.45, 2.75) is 46.6 Å². The van der Waals surface area contributed by atoms with Crippen molar-refractivity contribution in [3.8, 4) is 0 Å². The first kappa shape index (κ1) is 18.0. The van der Waals surface area contributed by atoms with E-state index in [2.05, 4.69) is 48.4 Å². The van der Waals surface area contributed by atoms with Crippen molar-refractivity contribution >= 4 is 29.1 Å². The zero-order chi connectivity index (χ0) is 15.7. The normalized spacial score (nSPS) is 14.2. The van der Waals surface area contributed by atoms with Crippen LogP contribution in [-0.2, 0) is 13.0 Å². The lowest BCUT2D eigenvalue weighted by Gasteiger charge is -2.20. The Morgan fingerprint density at radius 2 is 1.91 bits per heavy atom. The predicted molar refractivity (Wildman–Crippen MR) is 99.0 cm³/mol. The maximum absolute atomic E-state index is 12.5. The van der Waals surface area contributed by atoms with Gasteiger partial charge in [0.2, 0.25) is 0 Å². The Hall–Kier alpha value is -1.32. The molecule has 1 aliphatic rings. The lowest BCUT2D eigenvalue weighted by Crippen LogP contribution is -2.28. The molecule has 4 heteroatoms. The third-order valence-corrected chi connectivity index (χ3v) is 4.95. The number of carbonyl (C=O) groups excluding carboxylic acids is 1. The first-order chi connectivity index (χ1) is 10.7. The second kappa shape index (κ2) is 7.50. The van der Waals surface area contributed by atoms with Gasteiger partial charge in [0.05, 0.1) is 5.69 Å². The average molecular weight is 335 g/mol. The Kier molecular flexibility index (Phi) is 5.88. The number of hydrogen-bond acceptors (Lipinski definition) is 2. The number of carbonyl (C=O) groups is 1. The molecule has 1 aliphatic carbocycles. The quantitative estimate of drug-likeness (QED) is 0.817. The maximum Gasteiger partial charge on any atom is 0.179 e. The van der Waals surface area contributed by atoms with Crippen LogP contribution in [0, 0.1) is 6.92 Å². The molecule has 3 nitrogen and oxygen atoms in total. The fourth-order valence-corrected chi connectivity index (χ4v) is 3.67. The van der Waals surface area contributed by atoms with Crippen LogP contribution in [0.2, 0.25) is 0 Å². The van der Waals surface area contributed by atoms with Gasteiger partial charge in [0, 0.05) is 30.4 Å². The molecule has 0 fully saturated rings. The molecule has 0 N–H and O–H groups in total. The van der Waals surface area contributed by atoms with Gasteiger partial charge in [0.25, 0.3) is 0 Å². The van der Waals surface area contributed by atoms with Gasteiger partial charge in [-0.05, 0) is 50.6 Å². The minimum atomic E-state index is 0. The molecule has 126 valence electrons. The predicted octanol–water partition coefficient (Wildman–Crippen LogP) is 4.23. The lowest BCUT2D eigenvalue weighted by molar-refractivity contribution is 0.0962. The molecule has 0 saturated heterocycles. The molecule has 0 radical (unpaired) electrons. The van der Waals surface area contributed by atoms with Gasteiger partial charge < -0.3 is 9.47 Å². The van der Waals surface area contributed by atoms with E-state index in [0.29, 0.717) is 12.2 Å². The third-order valence-electron chi connectivity index (χ3n) is 4.95. The molecule has 1 aromatic carbocycles. The van der Waals surface area contributed by atoms with Gasteiger partial charge in [0.1, 0.15) is 0 Å². The molecule has 0 aliphatic heterocycles. The van der Waals surface area contributed by atoms with Crippen LogP contribution in [0.1, 0.15) is 48.3 Å². The number of aryl methyl sites for hydroxylation is 2. The highest BCUT2D eigenvalue weighted by atomic mass is 35.5. The molecule has 2 aromatic rings. The zero-order valence-corrected chi connectivity index (χ0v) is 15.2.